The molecule has 0 saturated heterocycles. The summed E-state index contributed by atoms with van der Waals surface area (Å²) < 4.78 is 10.7. The van der Waals surface area contributed by atoms with E-state index in [9.17, 15) is 19.5 Å². The molecule has 4 N–H and O–H groups in total. The Balaban J connectivity index is 1.26. The molecule has 15 heteroatoms. The highest BCUT2D eigenvalue weighted by Crippen LogP contribution is 2.35. The number of aliphatic carboxylic acids is 1. The molecule has 2 aromatic carbocycles. The molecule has 5 rings (SSSR count). The van der Waals surface area contributed by atoms with E-state index in [0.29, 0.717) is 41.1 Å². The van der Waals surface area contributed by atoms with Gasteiger partial charge in [0.25, 0.3) is 11.8 Å². The zero-order valence-electron chi connectivity index (χ0n) is 23.2. The van der Waals surface area contributed by atoms with E-state index in [-0.39, 0.29) is 52.9 Å². The number of nitrogens with one attached hydrogen (secondary N) is 3. The second-order valence-electron chi connectivity index (χ2n) is 9.90. The molecule has 0 spiro atoms. The molecule has 1 unspecified atom stereocenters. The molecule has 3 heterocycles. The molecule has 0 fully saturated rings. The highest BCUT2D eigenvalue weighted by Gasteiger charge is 2.30. The summed E-state index contributed by atoms with van der Waals surface area (Å²) in [6.45, 7) is 2.05. The van der Waals surface area contributed by atoms with Crippen molar-refractivity contribution in [2.75, 3.05) is 13.1 Å². The minimum absolute atomic E-state index is 0.00214. The first-order valence-corrected chi connectivity index (χ1v) is 14.1. The summed E-state index contributed by atoms with van der Waals surface area (Å²) in [7, 11) is 0. The van der Waals surface area contributed by atoms with Crippen molar-refractivity contribution in [1.29, 1.82) is 5.26 Å². The van der Waals surface area contributed by atoms with Gasteiger partial charge >= 0.3 is 5.97 Å². The quantitative estimate of drug-likeness (QED) is 0.126. The first-order valence-electron chi connectivity index (χ1n) is 13.3. The van der Waals surface area contributed by atoms with Gasteiger partial charge in [0, 0.05) is 31.1 Å². The maximum Gasteiger partial charge on any atom is 0.328 e. The van der Waals surface area contributed by atoms with Gasteiger partial charge in [-0.15, -0.1) is 4.99 Å². The van der Waals surface area contributed by atoms with Crippen LogP contribution in [0.4, 0.5) is 0 Å². The third kappa shape index (κ3) is 6.61. The molecule has 1 aliphatic rings. The van der Waals surface area contributed by atoms with Crippen molar-refractivity contribution in [2.24, 2.45) is 4.99 Å². The number of furan rings is 1. The molecular weight excluding hydrogens is 613 g/mol. The first kappa shape index (κ1) is 30.4. The summed E-state index contributed by atoms with van der Waals surface area (Å²) in [5.74, 6) is -1.66. The Morgan fingerprint density at radius 2 is 2.00 bits per heavy atom. The standard InChI is InChI=1S/C29H25Cl2N7O6/c1-15-8-18(37-44-15)11-33-29(35-14-32)34-12-21(28(41)42)36-26(39)24-20(30)9-17-13-38(7-6-19(17)25(24)31)27(40)23-10-16-4-2-3-5-22(16)43-23/h2-5,8-10,21H,6-7,11-13H2,1H3,(H,36,39)(H,41,42)(H2,33,34,35). The van der Waals surface area contributed by atoms with Gasteiger partial charge in [-0.25, -0.2) is 4.79 Å². The van der Waals surface area contributed by atoms with Crippen LogP contribution in [0.3, 0.4) is 0 Å². The molecule has 0 saturated carbocycles. The molecule has 226 valence electrons. The van der Waals surface area contributed by atoms with Crippen LogP contribution in [0.5, 0.6) is 0 Å². The number of rotatable bonds is 8. The minimum atomic E-state index is -1.44. The Morgan fingerprint density at radius 1 is 1.20 bits per heavy atom. The number of aryl methyl sites for hydroxylation is 1. The normalized spacial score (nSPS) is 13.6. The number of aliphatic imine (C=N–C) groups is 1. The maximum absolute atomic E-state index is 13.2. The highest BCUT2D eigenvalue weighted by atomic mass is 35.5. The van der Waals surface area contributed by atoms with Crippen LogP contribution in [-0.2, 0) is 24.3 Å². The number of hydrogen-bond acceptors (Lipinski definition) is 8. The van der Waals surface area contributed by atoms with Crippen molar-refractivity contribution in [1.82, 2.24) is 26.0 Å². The zero-order valence-corrected chi connectivity index (χ0v) is 24.7. The van der Waals surface area contributed by atoms with E-state index in [0.717, 1.165) is 5.39 Å². The number of amides is 2. The van der Waals surface area contributed by atoms with Crippen molar-refractivity contribution in [2.45, 2.75) is 32.5 Å². The zero-order chi connectivity index (χ0) is 31.4. The van der Waals surface area contributed by atoms with Gasteiger partial charge in [-0.2, -0.15) is 5.26 Å². The number of nitriles is 1. The Hall–Kier alpha value is -5.06. The summed E-state index contributed by atoms with van der Waals surface area (Å²) >= 11 is 13.1. The number of halogens is 2. The van der Waals surface area contributed by atoms with Crippen molar-refractivity contribution in [3.63, 3.8) is 0 Å². The van der Waals surface area contributed by atoms with Crippen molar-refractivity contribution in [3.8, 4) is 6.19 Å². The van der Waals surface area contributed by atoms with E-state index in [1.165, 1.54) is 0 Å². The largest absolute Gasteiger partial charge is 0.480 e. The van der Waals surface area contributed by atoms with Gasteiger partial charge in [-0.1, -0.05) is 46.6 Å². The van der Waals surface area contributed by atoms with Crippen LogP contribution >= 0.6 is 23.2 Å². The smallest absolute Gasteiger partial charge is 0.328 e. The predicted octanol–water partition coefficient (Wildman–Crippen LogP) is 3.63. The number of aromatic nitrogens is 1. The van der Waals surface area contributed by atoms with Crippen molar-refractivity contribution >= 4 is 57.9 Å². The number of carbonyl (C=O) groups is 3. The van der Waals surface area contributed by atoms with E-state index in [1.807, 2.05) is 18.2 Å². The second-order valence-corrected chi connectivity index (χ2v) is 10.7. The topological polar surface area (TPSA) is 186 Å². The third-order valence-electron chi connectivity index (χ3n) is 6.91. The fraction of sp³-hybridized carbons (Fsp3) is 0.241. The number of nitrogens with zero attached hydrogens (tertiary/aromatic N) is 4. The number of carboxylic acid groups (broad SMARTS) is 1. The van der Waals surface area contributed by atoms with Gasteiger partial charge in [0.1, 0.15) is 23.1 Å². The van der Waals surface area contributed by atoms with Gasteiger partial charge in [0.15, 0.2) is 5.76 Å². The number of fused-ring (bicyclic) bond motifs is 2. The SMILES string of the molecule is Cc1cc(CN/C(=N/C#N)NCC(NC(=O)c2c(Cl)cc3c(c2Cl)CCN(C(=O)c2cc4ccccc4o2)C3)C(=O)O)no1. The summed E-state index contributed by atoms with van der Waals surface area (Å²) in [4.78, 5) is 43.6. The fourth-order valence-electron chi connectivity index (χ4n) is 4.77. The molecule has 4 aromatic rings. The van der Waals surface area contributed by atoms with Gasteiger partial charge < -0.3 is 34.9 Å². The van der Waals surface area contributed by atoms with Crippen molar-refractivity contribution in [3.05, 3.63) is 86.4 Å². The minimum Gasteiger partial charge on any atom is -0.480 e. The van der Waals surface area contributed by atoms with E-state index < -0.39 is 17.9 Å². The lowest BCUT2D eigenvalue weighted by Gasteiger charge is -2.30. The van der Waals surface area contributed by atoms with E-state index in [1.54, 1.807) is 42.3 Å². The second kappa shape index (κ2) is 13.1. The number of guanidine groups is 1. The van der Waals surface area contributed by atoms with Crippen LogP contribution in [0.15, 0.2) is 56.4 Å². The summed E-state index contributed by atoms with van der Waals surface area (Å²) in [6.07, 6.45) is 1.96. The Labute approximate surface area is 260 Å². The van der Waals surface area contributed by atoms with Crippen LogP contribution < -0.4 is 16.0 Å². The first-order chi connectivity index (χ1) is 21.1. The summed E-state index contributed by atoms with van der Waals surface area (Å²) in [5.41, 5.74) is 2.36. The molecule has 13 nitrogen and oxygen atoms in total. The van der Waals surface area contributed by atoms with Crippen LogP contribution in [0, 0.1) is 18.4 Å². The molecule has 1 aliphatic heterocycles. The van der Waals surface area contributed by atoms with Crippen LogP contribution in [-0.4, -0.2) is 58.0 Å². The molecule has 1 atom stereocenters. The van der Waals surface area contributed by atoms with Gasteiger partial charge in [-0.3, -0.25) is 9.59 Å². The Morgan fingerprint density at radius 3 is 2.70 bits per heavy atom. The lowest BCUT2D eigenvalue weighted by atomic mass is 9.96. The Bertz CT molecular complexity index is 1790. The predicted molar refractivity (Wildman–Crippen MR) is 159 cm³/mol. The molecule has 2 amide bonds. The lowest BCUT2D eigenvalue weighted by Crippen LogP contribution is -2.50. The average molecular weight is 638 g/mol. The van der Waals surface area contributed by atoms with E-state index in [4.69, 9.17) is 37.4 Å². The van der Waals surface area contributed by atoms with Gasteiger partial charge in [0.05, 0.1) is 22.2 Å². The average Bonchev–Trinajstić information content (AvgIpc) is 3.62. The molecule has 0 bridgehead atoms. The number of carboxylic acids is 1. The van der Waals surface area contributed by atoms with E-state index in [2.05, 4.69) is 26.1 Å². The monoisotopic (exact) mass is 637 g/mol. The maximum atomic E-state index is 13.2. The molecule has 2 aromatic heterocycles. The number of para-hydroxylation sites is 1. The van der Waals surface area contributed by atoms with E-state index >= 15 is 0 Å². The fourth-order valence-corrected chi connectivity index (χ4v) is 5.54. The Kier molecular flexibility index (Phi) is 9.03. The molecular formula is C29H25Cl2N7O6. The molecule has 0 radical (unpaired) electrons. The lowest BCUT2D eigenvalue weighted by molar-refractivity contribution is -0.139. The number of hydrogen-bond donors (Lipinski definition) is 4. The van der Waals surface area contributed by atoms with Crippen LogP contribution in [0.25, 0.3) is 11.0 Å². The number of benzene rings is 2. The molecule has 0 aliphatic carbocycles. The van der Waals surface area contributed by atoms with Crippen LogP contribution in [0.2, 0.25) is 10.0 Å². The molecule has 44 heavy (non-hydrogen) atoms. The van der Waals surface area contributed by atoms with Gasteiger partial charge in [-0.05, 0) is 42.7 Å². The van der Waals surface area contributed by atoms with Crippen LogP contribution in [0.1, 0.15) is 43.5 Å². The van der Waals surface area contributed by atoms with Crippen molar-refractivity contribution < 1.29 is 28.4 Å². The summed E-state index contributed by atoms with van der Waals surface area (Å²) in [5, 5.41) is 31.4. The third-order valence-corrected chi connectivity index (χ3v) is 7.62. The number of carbonyl (C=O) groups excluding carboxylic acids is 2. The van der Waals surface area contributed by atoms with Gasteiger partial charge in [0.2, 0.25) is 12.2 Å². The highest BCUT2D eigenvalue weighted by molar-refractivity contribution is 6.40. The summed E-state index contributed by atoms with van der Waals surface area (Å²) in [6, 6.07) is 10.8.